The summed E-state index contributed by atoms with van der Waals surface area (Å²) in [5, 5.41) is 9.26. The average molecular weight is 274 g/mol. The summed E-state index contributed by atoms with van der Waals surface area (Å²) < 4.78 is 0. The Morgan fingerprint density at radius 1 is 1.10 bits per heavy atom. The molecule has 2 rings (SSSR count). The van der Waals surface area contributed by atoms with Crippen molar-refractivity contribution in [2.24, 2.45) is 0 Å². The standard InChI is InChI=1S/C14H23N.C2H3N3/c1-5-10-15(11-6-2)14-9-7-8-12(3)13(14)4;1-2-4-5-3-1/h7-9H,5-6,10-11H2,1-4H3;1-2H,(H,3,4,5). The maximum atomic E-state index is 3.42. The maximum absolute atomic E-state index is 3.42. The van der Waals surface area contributed by atoms with Gasteiger partial charge in [0.1, 0.15) is 0 Å². The van der Waals surface area contributed by atoms with Crippen molar-refractivity contribution in [2.75, 3.05) is 18.0 Å². The number of nitrogens with one attached hydrogen (secondary N) is 1. The highest BCUT2D eigenvalue weighted by atomic mass is 15.3. The summed E-state index contributed by atoms with van der Waals surface area (Å²) in [4.78, 5) is 2.50. The zero-order valence-corrected chi connectivity index (χ0v) is 13.1. The third-order valence-corrected chi connectivity index (χ3v) is 3.23. The van der Waals surface area contributed by atoms with Gasteiger partial charge in [-0.15, -0.1) is 5.10 Å². The summed E-state index contributed by atoms with van der Waals surface area (Å²) in [5.41, 5.74) is 4.24. The van der Waals surface area contributed by atoms with Crippen LogP contribution in [-0.2, 0) is 0 Å². The van der Waals surface area contributed by atoms with Gasteiger partial charge in [-0.05, 0) is 43.9 Å². The molecule has 4 nitrogen and oxygen atoms in total. The number of aromatic nitrogens is 3. The summed E-state index contributed by atoms with van der Waals surface area (Å²) in [6.07, 6.45) is 5.67. The lowest BCUT2D eigenvalue weighted by molar-refractivity contribution is 0.742. The monoisotopic (exact) mass is 274 g/mol. The van der Waals surface area contributed by atoms with E-state index in [4.69, 9.17) is 0 Å². The molecule has 0 aliphatic rings. The van der Waals surface area contributed by atoms with Crippen molar-refractivity contribution in [3.8, 4) is 0 Å². The van der Waals surface area contributed by atoms with E-state index in [0.29, 0.717) is 0 Å². The Hall–Kier alpha value is -1.84. The van der Waals surface area contributed by atoms with Crippen molar-refractivity contribution in [1.29, 1.82) is 0 Å². The number of hydrogen-bond acceptors (Lipinski definition) is 3. The Bertz CT molecular complexity index is 442. The smallest absolute Gasteiger partial charge is 0.0690 e. The molecule has 0 fully saturated rings. The Labute approximate surface area is 122 Å². The first-order valence-corrected chi connectivity index (χ1v) is 7.32. The first kappa shape index (κ1) is 16.2. The highest BCUT2D eigenvalue weighted by Crippen LogP contribution is 2.23. The first-order chi connectivity index (χ1) is 9.70. The van der Waals surface area contributed by atoms with Crippen molar-refractivity contribution >= 4 is 5.69 Å². The molecule has 4 heteroatoms. The second kappa shape index (κ2) is 9.13. The minimum absolute atomic E-state index is 1.16. The lowest BCUT2D eigenvalue weighted by atomic mass is 10.1. The maximum Gasteiger partial charge on any atom is 0.0690 e. The molecule has 0 bridgehead atoms. The number of hydrogen-bond donors (Lipinski definition) is 1. The Morgan fingerprint density at radius 3 is 2.25 bits per heavy atom. The molecule has 0 aliphatic carbocycles. The van der Waals surface area contributed by atoms with Crippen molar-refractivity contribution in [1.82, 2.24) is 15.4 Å². The van der Waals surface area contributed by atoms with Gasteiger partial charge in [0.15, 0.2) is 0 Å². The van der Waals surface area contributed by atoms with E-state index in [1.54, 1.807) is 12.4 Å². The molecule has 0 radical (unpaired) electrons. The molecule has 0 amide bonds. The third-order valence-electron chi connectivity index (χ3n) is 3.23. The van der Waals surface area contributed by atoms with Crippen LogP contribution < -0.4 is 4.90 Å². The van der Waals surface area contributed by atoms with Crippen molar-refractivity contribution in [2.45, 2.75) is 40.5 Å². The van der Waals surface area contributed by atoms with E-state index in [-0.39, 0.29) is 0 Å². The summed E-state index contributed by atoms with van der Waals surface area (Å²) in [5.74, 6) is 0. The SMILES string of the molecule is CCCN(CCC)c1cccc(C)c1C.c1c[nH]nn1. The fraction of sp³-hybridized carbons (Fsp3) is 0.500. The van der Waals surface area contributed by atoms with E-state index in [1.807, 2.05) is 0 Å². The van der Waals surface area contributed by atoms with Gasteiger partial charge >= 0.3 is 0 Å². The second-order valence-corrected chi connectivity index (χ2v) is 4.87. The molecule has 2 aromatic rings. The zero-order chi connectivity index (χ0) is 14.8. The lowest BCUT2D eigenvalue weighted by Crippen LogP contribution is -2.25. The topological polar surface area (TPSA) is 44.8 Å². The molecule has 0 aliphatic heterocycles. The molecule has 0 atom stereocenters. The van der Waals surface area contributed by atoms with Crippen LogP contribution in [-0.4, -0.2) is 28.5 Å². The number of aryl methyl sites for hydroxylation is 1. The molecule has 1 aromatic carbocycles. The molecule has 110 valence electrons. The first-order valence-electron chi connectivity index (χ1n) is 7.32. The van der Waals surface area contributed by atoms with E-state index in [0.717, 1.165) is 13.1 Å². The van der Waals surface area contributed by atoms with Crippen LogP contribution in [0.1, 0.15) is 37.8 Å². The van der Waals surface area contributed by atoms with Crippen LogP contribution in [0, 0.1) is 13.8 Å². The highest BCUT2D eigenvalue weighted by molar-refractivity contribution is 5.55. The predicted molar refractivity (Wildman–Crippen MR) is 85.1 cm³/mol. The molecule has 0 saturated heterocycles. The quantitative estimate of drug-likeness (QED) is 0.903. The molecule has 0 spiro atoms. The number of benzene rings is 1. The van der Waals surface area contributed by atoms with Gasteiger partial charge in [0, 0.05) is 25.0 Å². The largest absolute Gasteiger partial charge is 0.371 e. The number of aromatic amines is 1. The van der Waals surface area contributed by atoms with Gasteiger partial charge in [0.2, 0.25) is 0 Å². The van der Waals surface area contributed by atoms with E-state index >= 15 is 0 Å². The minimum Gasteiger partial charge on any atom is -0.371 e. The summed E-state index contributed by atoms with van der Waals surface area (Å²) >= 11 is 0. The lowest BCUT2D eigenvalue weighted by Gasteiger charge is -2.26. The second-order valence-electron chi connectivity index (χ2n) is 4.87. The number of nitrogens with zero attached hydrogens (tertiary/aromatic N) is 3. The molecular weight excluding hydrogens is 248 g/mol. The molecule has 1 aromatic heterocycles. The van der Waals surface area contributed by atoms with E-state index < -0.39 is 0 Å². The van der Waals surface area contributed by atoms with Crippen LogP contribution in [0.3, 0.4) is 0 Å². The van der Waals surface area contributed by atoms with Gasteiger partial charge in [0.05, 0.1) is 6.20 Å². The molecule has 0 saturated carbocycles. The van der Waals surface area contributed by atoms with Crippen LogP contribution >= 0.6 is 0 Å². The Kier molecular flexibility index (Phi) is 7.40. The van der Waals surface area contributed by atoms with Gasteiger partial charge < -0.3 is 4.90 Å². The Balaban J connectivity index is 0.000000333. The van der Waals surface area contributed by atoms with Crippen LogP contribution in [0.4, 0.5) is 5.69 Å². The number of H-pyrrole nitrogens is 1. The number of rotatable bonds is 5. The van der Waals surface area contributed by atoms with Crippen LogP contribution in [0.5, 0.6) is 0 Å². The van der Waals surface area contributed by atoms with Crippen LogP contribution in [0.2, 0.25) is 0 Å². The molecule has 1 heterocycles. The van der Waals surface area contributed by atoms with Crippen LogP contribution in [0.15, 0.2) is 30.6 Å². The molecule has 20 heavy (non-hydrogen) atoms. The normalized spacial score (nSPS) is 9.80. The Morgan fingerprint density at radius 2 is 1.80 bits per heavy atom. The third kappa shape index (κ3) is 5.03. The fourth-order valence-corrected chi connectivity index (χ4v) is 2.14. The van der Waals surface area contributed by atoms with Crippen molar-refractivity contribution < 1.29 is 0 Å². The highest BCUT2D eigenvalue weighted by Gasteiger charge is 2.07. The van der Waals surface area contributed by atoms with E-state index in [2.05, 4.69) is 66.2 Å². The van der Waals surface area contributed by atoms with Gasteiger partial charge in [-0.1, -0.05) is 31.2 Å². The van der Waals surface area contributed by atoms with Gasteiger partial charge in [-0.25, -0.2) is 0 Å². The predicted octanol–water partition coefficient (Wildman–Crippen LogP) is 3.73. The molecule has 1 N–H and O–H groups in total. The number of anilines is 1. The fourth-order valence-electron chi connectivity index (χ4n) is 2.14. The van der Waals surface area contributed by atoms with Crippen LogP contribution in [0.25, 0.3) is 0 Å². The summed E-state index contributed by atoms with van der Waals surface area (Å²) in [7, 11) is 0. The van der Waals surface area contributed by atoms with E-state index in [1.165, 1.54) is 29.7 Å². The van der Waals surface area contributed by atoms with Gasteiger partial charge in [-0.3, -0.25) is 5.10 Å². The average Bonchev–Trinajstić information content (AvgIpc) is 3.01. The van der Waals surface area contributed by atoms with Crippen molar-refractivity contribution in [3.63, 3.8) is 0 Å². The van der Waals surface area contributed by atoms with E-state index in [9.17, 15) is 0 Å². The molecule has 0 unspecified atom stereocenters. The minimum atomic E-state index is 1.16. The summed E-state index contributed by atoms with van der Waals surface area (Å²) in [6, 6.07) is 6.60. The van der Waals surface area contributed by atoms with Crippen molar-refractivity contribution in [3.05, 3.63) is 41.7 Å². The molecular formula is C16H26N4. The van der Waals surface area contributed by atoms with Gasteiger partial charge in [0.25, 0.3) is 0 Å². The zero-order valence-electron chi connectivity index (χ0n) is 13.1. The van der Waals surface area contributed by atoms with Gasteiger partial charge in [-0.2, -0.15) is 0 Å². The summed E-state index contributed by atoms with van der Waals surface area (Å²) in [6.45, 7) is 11.2.